The molecule has 2 aromatic heterocycles. The van der Waals surface area contributed by atoms with Crippen molar-refractivity contribution in [1.29, 1.82) is 0 Å². The van der Waals surface area contributed by atoms with Crippen molar-refractivity contribution in [3.8, 4) is 22.6 Å². The molecule has 1 saturated heterocycles. The molecule has 1 fully saturated rings. The van der Waals surface area contributed by atoms with Gasteiger partial charge in [0, 0.05) is 23.2 Å². The molecule has 3 aromatic rings. The molecule has 0 spiro atoms. The maximum Gasteiger partial charge on any atom is 0.181 e. The smallest absolute Gasteiger partial charge is 0.181 e. The van der Waals surface area contributed by atoms with E-state index in [1.165, 1.54) is 0 Å². The Bertz CT molecular complexity index is 758. The van der Waals surface area contributed by atoms with Gasteiger partial charge in [0.25, 0.3) is 0 Å². The van der Waals surface area contributed by atoms with E-state index in [2.05, 4.69) is 44.8 Å². The summed E-state index contributed by atoms with van der Waals surface area (Å²) in [6.45, 7) is 2.11. The summed E-state index contributed by atoms with van der Waals surface area (Å²) in [5, 5.41) is 10.9. The van der Waals surface area contributed by atoms with Crippen molar-refractivity contribution in [2.75, 3.05) is 13.1 Å². The number of rotatable bonds is 3. The van der Waals surface area contributed by atoms with Gasteiger partial charge in [-0.25, -0.2) is 4.98 Å². The average Bonchev–Trinajstić information content (AvgIpc) is 3.14. The van der Waals surface area contributed by atoms with Gasteiger partial charge in [-0.2, -0.15) is 5.10 Å². The quantitative estimate of drug-likeness (QED) is 0.780. The van der Waals surface area contributed by atoms with Gasteiger partial charge in [-0.15, -0.1) is 0 Å². The van der Waals surface area contributed by atoms with E-state index in [1.807, 2.05) is 24.4 Å². The maximum atomic E-state index is 4.70. The zero-order chi connectivity index (χ0) is 15.5. The summed E-state index contributed by atoms with van der Waals surface area (Å²) in [6, 6.07) is 14.2. The van der Waals surface area contributed by atoms with E-state index < -0.39 is 0 Å². The molecule has 1 aliphatic rings. The molecule has 2 N–H and O–H groups in total. The Balaban J connectivity index is 1.55. The highest BCUT2D eigenvalue weighted by atomic mass is 15.2. The Morgan fingerprint density at radius 2 is 1.70 bits per heavy atom. The largest absolute Gasteiger partial charge is 0.317 e. The molecule has 1 aromatic carbocycles. The summed E-state index contributed by atoms with van der Waals surface area (Å²) in [5.41, 5.74) is 3.11. The number of benzene rings is 1. The first-order valence-corrected chi connectivity index (χ1v) is 8.05. The monoisotopic (exact) mass is 305 g/mol. The molecular formula is C18H19N5. The minimum atomic E-state index is 0.491. The van der Waals surface area contributed by atoms with Crippen LogP contribution in [0.2, 0.25) is 0 Å². The lowest BCUT2D eigenvalue weighted by molar-refractivity contribution is 0.446. The lowest BCUT2D eigenvalue weighted by atomic mass is 9.98. The number of H-pyrrole nitrogens is 1. The maximum absolute atomic E-state index is 4.70. The molecule has 1 aliphatic heterocycles. The van der Waals surface area contributed by atoms with Crippen LogP contribution >= 0.6 is 0 Å². The second-order valence-corrected chi connectivity index (χ2v) is 5.86. The summed E-state index contributed by atoms with van der Waals surface area (Å²) < 4.78 is 0. The molecule has 0 unspecified atom stereocenters. The highest BCUT2D eigenvalue weighted by Gasteiger charge is 2.19. The van der Waals surface area contributed by atoms with E-state index in [-0.39, 0.29) is 0 Å². The number of nitrogens with zero attached hydrogens (tertiary/aromatic N) is 3. The molecule has 23 heavy (non-hydrogen) atoms. The summed E-state index contributed by atoms with van der Waals surface area (Å²) in [4.78, 5) is 9.07. The fourth-order valence-electron chi connectivity index (χ4n) is 3.00. The number of pyridine rings is 1. The van der Waals surface area contributed by atoms with Crippen LogP contribution in [0.5, 0.6) is 0 Å². The highest BCUT2D eigenvalue weighted by molar-refractivity contribution is 5.64. The zero-order valence-electron chi connectivity index (χ0n) is 12.9. The number of hydrogen-bond donors (Lipinski definition) is 2. The van der Waals surface area contributed by atoms with Crippen molar-refractivity contribution < 1.29 is 0 Å². The van der Waals surface area contributed by atoms with Crippen molar-refractivity contribution in [2.45, 2.75) is 18.8 Å². The topological polar surface area (TPSA) is 66.5 Å². The van der Waals surface area contributed by atoms with Crippen LogP contribution in [0.15, 0.2) is 48.7 Å². The van der Waals surface area contributed by atoms with E-state index in [1.54, 1.807) is 0 Å². The third-order valence-corrected chi connectivity index (χ3v) is 4.33. The average molecular weight is 305 g/mol. The molecular weight excluding hydrogens is 286 g/mol. The number of nitrogens with one attached hydrogen (secondary N) is 2. The van der Waals surface area contributed by atoms with Crippen LogP contribution in [0.25, 0.3) is 22.6 Å². The first-order valence-electron chi connectivity index (χ1n) is 8.05. The SMILES string of the molecule is c1ccc(-c2ccc(-c3n[nH]c(C4CCNCC4)n3)cc2)nc1. The molecule has 0 saturated carbocycles. The fourth-order valence-corrected chi connectivity index (χ4v) is 3.00. The van der Waals surface area contributed by atoms with Gasteiger partial charge < -0.3 is 5.32 Å². The minimum Gasteiger partial charge on any atom is -0.317 e. The predicted molar refractivity (Wildman–Crippen MR) is 89.9 cm³/mol. The van der Waals surface area contributed by atoms with Crippen LogP contribution in [-0.4, -0.2) is 33.3 Å². The number of aromatic nitrogens is 4. The predicted octanol–water partition coefficient (Wildman–Crippen LogP) is 3.00. The molecule has 0 radical (unpaired) electrons. The van der Waals surface area contributed by atoms with Crippen molar-refractivity contribution in [2.24, 2.45) is 0 Å². The second-order valence-electron chi connectivity index (χ2n) is 5.86. The van der Waals surface area contributed by atoms with Gasteiger partial charge in [-0.1, -0.05) is 30.3 Å². The number of piperidine rings is 1. The Hall–Kier alpha value is -2.53. The standard InChI is InChI=1S/C18H19N5/c1-2-10-20-16(3-1)13-4-6-14(7-5-13)17-21-18(23-22-17)15-8-11-19-12-9-15/h1-7,10,15,19H,8-9,11-12H2,(H,21,22,23). The van der Waals surface area contributed by atoms with E-state index in [4.69, 9.17) is 4.98 Å². The highest BCUT2D eigenvalue weighted by Crippen LogP contribution is 2.25. The third kappa shape index (κ3) is 3.00. The molecule has 3 heterocycles. The van der Waals surface area contributed by atoms with Crippen LogP contribution in [0, 0.1) is 0 Å². The van der Waals surface area contributed by atoms with Crippen LogP contribution in [0.3, 0.4) is 0 Å². The Morgan fingerprint density at radius 3 is 2.43 bits per heavy atom. The third-order valence-electron chi connectivity index (χ3n) is 4.33. The van der Waals surface area contributed by atoms with Gasteiger partial charge in [0.1, 0.15) is 5.82 Å². The Labute approximate surface area is 135 Å². The van der Waals surface area contributed by atoms with E-state index >= 15 is 0 Å². The molecule has 0 bridgehead atoms. The fraction of sp³-hybridized carbons (Fsp3) is 0.278. The molecule has 4 rings (SSSR count). The number of hydrogen-bond acceptors (Lipinski definition) is 4. The molecule has 5 heteroatoms. The van der Waals surface area contributed by atoms with Gasteiger partial charge in [0.15, 0.2) is 5.82 Å². The van der Waals surface area contributed by atoms with Gasteiger partial charge >= 0.3 is 0 Å². The van der Waals surface area contributed by atoms with Gasteiger partial charge in [0.05, 0.1) is 5.69 Å². The zero-order valence-corrected chi connectivity index (χ0v) is 12.9. The Morgan fingerprint density at radius 1 is 0.913 bits per heavy atom. The summed E-state index contributed by atoms with van der Waals surface area (Å²) >= 11 is 0. The van der Waals surface area contributed by atoms with Crippen molar-refractivity contribution >= 4 is 0 Å². The van der Waals surface area contributed by atoms with E-state index in [0.717, 1.165) is 54.4 Å². The summed E-state index contributed by atoms with van der Waals surface area (Å²) in [6.07, 6.45) is 4.05. The van der Waals surface area contributed by atoms with Crippen LogP contribution in [0.4, 0.5) is 0 Å². The van der Waals surface area contributed by atoms with Gasteiger partial charge in [-0.05, 0) is 38.1 Å². The lowest BCUT2D eigenvalue weighted by Crippen LogP contribution is -2.27. The summed E-state index contributed by atoms with van der Waals surface area (Å²) in [7, 11) is 0. The van der Waals surface area contributed by atoms with E-state index in [0.29, 0.717) is 5.92 Å². The van der Waals surface area contributed by atoms with Crippen LogP contribution in [0.1, 0.15) is 24.6 Å². The molecule has 0 amide bonds. The Kier molecular flexibility index (Phi) is 3.86. The van der Waals surface area contributed by atoms with Crippen LogP contribution in [-0.2, 0) is 0 Å². The van der Waals surface area contributed by atoms with Crippen molar-refractivity contribution in [3.05, 3.63) is 54.5 Å². The summed E-state index contributed by atoms with van der Waals surface area (Å²) in [5.74, 6) is 2.27. The molecule has 116 valence electrons. The normalized spacial score (nSPS) is 15.7. The number of aromatic amines is 1. The lowest BCUT2D eigenvalue weighted by Gasteiger charge is -2.19. The van der Waals surface area contributed by atoms with Gasteiger partial charge in [-0.3, -0.25) is 10.1 Å². The molecule has 0 aliphatic carbocycles. The first-order chi connectivity index (χ1) is 11.4. The van der Waals surface area contributed by atoms with Crippen molar-refractivity contribution in [1.82, 2.24) is 25.5 Å². The van der Waals surface area contributed by atoms with Gasteiger partial charge in [0.2, 0.25) is 0 Å². The first kappa shape index (κ1) is 14.1. The molecule has 0 atom stereocenters. The van der Waals surface area contributed by atoms with Crippen molar-refractivity contribution in [3.63, 3.8) is 0 Å². The van der Waals surface area contributed by atoms with Crippen LogP contribution < -0.4 is 5.32 Å². The second kappa shape index (κ2) is 6.30. The minimum absolute atomic E-state index is 0.491. The van der Waals surface area contributed by atoms with E-state index in [9.17, 15) is 0 Å². The molecule has 5 nitrogen and oxygen atoms in total.